The summed E-state index contributed by atoms with van der Waals surface area (Å²) in [5.41, 5.74) is 3.82. The molecule has 2 aromatic rings. The van der Waals surface area contributed by atoms with E-state index in [-0.39, 0.29) is 23.8 Å². The highest BCUT2D eigenvalue weighted by atomic mass is 127. The summed E-state index contributed by atoms with van der Waals surface area (Å²) in [5.74, 6) is 0.357. The molecule has 2 amide bonds. The van der Waals surface area contributed by atoms with Gasteiger partial charge in [0.2, 0.25) is 0 Å². The fourth-order valence-corrected chi connectivity index (χ4v) is 5.19. The molecule has 0 saturated carbocycles. The Bertz CT molecular complexity index is 1140. The first kappa shape index (κ1) is 22.3. The van der Waals surface area contributed by atoms with Crippen LogP contribution in [0.2, 0.25) is 0 Å². The number of thioether (sulfide) groups is 1. The zero-order chi connectivity index (χ0) is 22.3. The van der Waals surface area contributed by atoms with Crippen molar-refractivity contribution in [2.75, 3.05) is 11.5 Å². The Morgan fingerprint density at radius 2 is 2.00 bits per heavy atom. The number of hydrogen-bond donors (Lipinski definition) is 1. The van der Waals surface area contributed by atoms with Gasteiger partial charge in [-0.15, -0.1) is 0 Å². The van der Waals surface area contributed by atoms with E-state index in [2.05, 4.69) is 66.9 Å². The predicted octanol–water partition coefficient (Wildman–Crippen LogP) is 5.00. The lowest BCUT2D eigenvalue weighted by Gasteiger charge is -2.30. The van der Waals surface area contributed by atoms with Gasteiger partial charge >= 0.3 is 0 Å². The maximum Gasteiger partial charge on any atom is 0.265 e. The van der Waals surface area contributed by atoms with Crippen LogP contribution in [-0.2, 0) is 21.5 Å². The molecule has 31 heavy (non-hydrogen) atoms. The molecule has 4 rings (SSSR count). The van der Waals surface area contributed by atoms with Gasteiger partial charge in [0.25, 0.3) is 11.8 Å². The molecule has 1 N–H and O–H groups in total. The van der Waals surface area contributed by atoms with Gasteiger partial charge in [0.1, 0.15) is 10.1 Å². The van der Waals surface area contributed by atoms with Crippen LogP contribution in [0.15, 0.2) is 41.3 Å². The van der Waals surface area contributed by atoms with E-state index >= 15 is 0 Å². The van der Waals surface area contributed by atoms with E-state index in [1.807, 2.05) is 18.2 Å². The van der Waals surface area contributed by atoms with Crippen molar-refractivity contribution >= 4 is 74.5 Å². The third kappa shape index (κ3) is 4.96. The molecule has 8 heteroatoms. The first-order valence-electron chi connectivity index (χ1n) is 9.72. The van der Waals surface area contributed by atoms with Crippen LogP contribution in [-0.4, -0.2) is 22.7 Å². The summed E-state index contributed by atoms with van der Waals surface area (Å²) in [6, 6.07) is 12.0. The minimum atomic E-state index is -0.203. The maximum atomic E-state index is 12.8. The Morgan fingerprint density at radius 1 is 1.23 bits per heavy atom. The second-order valence-corrected chi connectivity index (χ2v) is 11.4. The molecule has 0 atom stereocenters. The van der Waals surface area contributed by atoms with Crippen molar-refractivity contribution in [1.82, 2.24) is 5.32 Å². The van der Waals surface area contributed by atoms with Crippen molar-refractivity contribution in [3.8, 4) is 5.75 Å². The third-order valence-corrected chi connectivity index (χ3v) is 6.82. The monoisotopic (exact) mass is 564 g/mol. The van der Waals surface area contributed by atoms with Crippen molar-refractivity contribution in [3.63, 3.8) is 0 Å². The van der Waals surface area contributed by atoms with E-state index in [1.165, 1.54) is 17.3 Å². The van der Waals surface area contributed by atoms with Gasteiger partial charge in [0.15, 0.2) is 6.61 Å². The van der Waals surface area contributed by atoms with Crippen LogP contribution in [0.25, 0.3) is 6.08 Å². The molecule has 0 radical (unpaired) electrons. The zero-order valence-corrected chi connectivity index (χ0v) is 21.1. The number of amides is 2. The number of nitrogens with one attached hydrogen (secondary N) is 1. The predicted molar refractivity (Wildman–Crippen MR) is 137 cm³/mol. The summed E-state index contributed by atoms with van der Waals surface area (Å²) in [5, 5.41) is 2.62. The molecule has 1 saturated heterocycles. The average Bonchev–Trinajstić information content (AvgIpc) is 3.00. The van der Waals surface area contributed by atoms with Crippen LogP contribution >= 0.6 is 46.6 Å². The van der Waals surface area contributed by atoms with E-state index in [9.17, 15) is 9.59 Å². The van der Waals surface area contributed by atoms with Gasteiger partial charge in [-0.1, -0.05) is 56.9 Å². The van der Waals surface area contributed by atoms with Crippen molar-refractivity contribution in [2.24, 2.45) is 0 Å². The number of nitrogens with zero attached hydrogens (tertiary/aromatic N) is 1. The number of ether oxygens (including phenoxy) is 1. The van der Waals surface area contributed by atoms with Crippen LogP contribution in [0.1, 0.15) is 37.5 Å². The van der Waals surface area contributed by atoms with E-state index in [0.29, 0.717) is 27.2 Å². The van der Waals surface area contributed by atoms with Crippen molar-refractivity contribution < 1.29 is 14.3 Å². The fourth-order valence-electron chi connectivity index (χ4n) is 3.41. The summed E-state index contributed by atoms with van der Waals surface area (Å²) in [6.07, 6.45) is 1.78. The van der Waals surface area contributed by atoms with Crippen LogP contribution < -0.4 is 15.0 Å². The Hall–Kier alpha value is -1.91. The molecule has 0 bridgehead atoms. The minimum Gasteiger partial charge on any atom is -0.482 e. The van der Waals surface area contributed by atoms with Gasteiger partial charge in [-0.25, -0.2) is 0 Å². The molecule has 160 valence electrons. The topological polar surface area (TPSA) is 58.6 Å². The van der Waals surface area contributed by atoms with Gasteiger partial charge in [-0.3, -0.25) is 9.59 Å². The second-order valence-electron chi connectivity index (χ2n) is 8.45. The Balaban J connectivity index is 1.69. The molecular weight excluding hydrogens is 543 g/mol. The summed E-state index contributed by atoms with van der Waals surface area (Å²) in [4.78, 5) is 27.1. The highest BCUT2D eigenvalue weighted by molar-refractivity contribution is 14.1. The highest BCUT2D eigenvalue weighted by Gasteiger charge is 2.27. The number of carbonyl (C=O) groups excluding carboxylic acids is 2. The largest absolute Gasteiger partial charge is 0.482 e. The number of carbonyl (C=O) groups is 2. The average molecular weight is 564 g/mol. The number of halogens is 1. The molecule has 2 aliphatic rings. The van der Waals surface area contributed by atoms with E-state index in [1.54, 1.807) is 11.0 Å². The number of fused-ring (bicyclic) bond motifs is 1. The molecule has 2 aromatic carbocycles. The minimum absolute atomic E-state index is 0.00994. The fraction of sp³-hybridized carbons (Fsp3) is 0.261. The maximum absolute atomic E-state index is 12.8. The first-order chi connectivity index (χ1) is 14.6. The standard InChI is InChI=1S/C23H21IN2O3S2/c1-23(2,3)15-6-14(7-16(24)10-15)11-26-17-8-13(4-5-18(17)29-12-20(26)27)9-19-21(28)25-22(30)31-19/h4-10H,11-12H2,1-3H3,(H,25,28,30). The molecule has 0 spiro atoms. The lowest BCUT2D eigenvalue weighted by molar-refractivity contribution is -0.121. The van der Waals surface area contributed by atoms with Gasteiger partial charge in [-0.2, -0.15) is 0 Å². The lowest BCUT2D eigenvalue weighted by atomic mass is 9.86. The summed E-state index contributed by atoms with van der Waals surface area (Å²) < 4.78 is 7.24. The molecular formula is C23H21IN2O3S2. The van der Waals surface area contributed by atoms with E-state index in [4.69, 9.17) is 17.0 Å². The summed E-state index contributed by atoms with van der Waals surface area (Å²) in [6.45, 7) is 7.00. The number of benzene rings is 2. The van der Waals surface area contributed by atoms with Crippen molar-refractivity contribution in [1.29, 1.82) is 0 Å². The molecule has 0 aliphatic carbocycles. The smallest absolute Gasteiger partial charge is 0.265 e. The normalized spacial score (nSPS) is 17.6. The van der Waals surface area contributed by atoms with E-state index < -0.39 is 0 Å². The van der Waals surface area contributed by atoms with Crippen LogP contribution in [0.3, 0.4) is 0 Å². The Morgan fingerprint density at radius 3 is 2.68 bits per heavy atom. The lowest BCUT2D eigenvalue weighted by Crippen LogP contribution is -2.38. The molecule has 5 nitrogen and oxygen atoms in total. The quantitative estimate of drug-likeness (QED) is 0.323. The SMILES string of the molecule is CC(C)(C)c1cc(I)cc(CN2C(=O)COc3ccc(C=C4SC(=S)NC4=O)cc32)c1. The van der Waals surface area contributed by atoms with Gasteiger partial charge < -0.3 is 15.0 Å². The van der Waals surface area contributed by atoms with Crippen LogP contribution in [0, 0.1) is 3.57 Å². The summed E-state index contributed by atoms with van der Waals surface area (Å²) in [7, 11) is 0. The highest BCUT2D eigenvalue weighted by Crippen LogP contribution is 2.36. The zero-order valence-electron chi connectivity index (χ0n) is 17.3. The molecule has 0 aromatic heterocycles. The van der Waals surface area contributed by atoms with Gasteiger partial charge in [0.05, 0.1) is 17.1 Å². The molecule has 2 heterocycles. The number of thiocarbonyl (C=S) groups is 1. The first-order valence-corrected chi connectivity index (χ1v) is 12.0. The van der Waals surface area contributed by atoms with Crippen LogP contribution in [0.4, 0.5) is 5.69 Å². The van der Waals surface area contributed by atoms with Crippen molar-refractivity contribution in [2.45, 2.75) is 32.7 Å². The number of anilines is 1. The van der Waals surface area contributed by atoms with E-state index in [0.717, 1.165) is 14.7 Å². The Labute approximate surface area is 204 Å². The number of rotatable bonds is 3. The second kappa shape index (κ2) is 8.55. The molecule has 1 fully saturated rings. The van der Waals surface area contributed by atoms with Crippen molar-refractivity contribution in [3.05, 3.63) is 61.6 Å². The number of hydrogen-bond acceptors (Lipinski definition) is 5. The summed E-state index contributed by atoms with van der Waals surface area (Å²) >= 11 is 8.61. The van der Waals surface area contributed by atoms with Gasteiger partial charge in [-0.05, 0) is 75.0 Å². The van der Waals surface area contributed by atoms with Gasteiger partial charge in [0, 0.05) is 3.57 Å². The molecule has 0 unspecified atom stereocenters. The van der Waals surface area contributed by atoms with Crippen LogP contribution in [0.5, 0.6) is 5.75 Å². The third-order valence-electron chi connectivity index (χ3n) is 5.03. The Kier molecular flexibility index (Phi) is 6.15. The molecule has 2 aliphatic heterocycles.